The molecule has 1 aliphatic rings. The Morgan fingerprint density at radius 2 is 2.60 bits per heavy atom. The number of nitrogens with one attached hydrogen (secondary N) is 1. The van der Waals surface area contributed by atoms with E-state index in [-0.39, 0.29) is 5.12 Å². The Morgan fingerprint density at radius 1 is 1.80 bits per heavy atom. The molecule has 0 bridgehead atoms. The second-order valence-electron chi connectivity index (χ2n) is 2.18. The van der Waals surface area contributed by atoms with Crippen LogP contribution in [0.1, 0.15) is 6.42 Å². The average molecular weight is 157 g/mol. The van der Waals surface area contributed by atoms with Gasteiger partial charge in [0, 0.05) is 12.1 Å². The molecule has 1 rings (SSSR count). The van der Waals surface area contributed by atoms with Gasteiger partial charge in [-0.2, -0.15) is 0 Å². The van der Waals surface area contributed by atoms with Gasteiger partial charge in [0.1, 0.15) is 0 Å². The van der Waals surface area contributed by atoms with Crippen molar-refractivity contribution in [3.8, 4) is 0 Å². The molecule has 0 amide bonds. The van der Waals surface area contributed by atoms with Crippen LogP contribution in [-0.2, 0) is 4.79 Å². The molecule has 3 heteroatoms. The lowest BCUT2D eigenvalue weighted by Gasteiger charge is -2.10. The SMILES string of the molecule is CSC(=O)C1=CCNCC1. The third kappa shape index (κ3) is 1.85. The van der Waals surface area contributed by atoms with Gasteiger partial charge in [-0.25, -0.2) is 0 Å². The Labute approximate surface area is 65.1 Å². The largest absolute Gasteiger partial charge is 0.313 e. The van der Waals surface area contributed by atoms with E-state index < -0.39 is 0 Å². The van der Waals surface area contributed by atoms with Crippen LogP contribution in [0.5, 0.6) is 0 Å². The molecule has 0 fully saturated rings. The second kappa shape index (κ2) is 3.78. The van der Waals surface area contributed by atoms with Crippen LogP contribution in [0.4, 0.5) is 0 Å². The standard InChI is InChI=1S/C7H11NOS/c1-10-7(9)6-2-4-8-5-3-6/h2,8H,3-5H2,1H3. The molecule has 0 aliphatic carbocycles. The fraction of sp³-hybridized carbons (Fsp3) is 0.571. The first-order chi connectivity index (χ1) is 4.84. The molecule has 0 atom stereocenters. The molecule has 0 spiro atoms. The first-order valence-electron chi connectivity index (χ1n) is 3.32. The summed E-state index contributed by atoms with van der Waals surface area (Å²) in [5.41, 5.74) is 0.978. The highest BCUT2D eigenvalue weighted by atomic mass is 32.2. The fourth-order valence-electron chi connectivity index (χ4n) is 0.939. The summed E-state index contributed by atoms with van der Waals surface area (Å²) < 4.78 is 0. The molecule has 2 nitrogen and oxygen atoms in total. The molecule has 1 aliphatic heterocycles. The minimum Gasteiger partial charge on any atom is -0.313 e. The van der Waals surface area contributed by atoms with Gasteiger partial charge in [-0.1, -0.05) is 17.8 Å². The Hall–Kier alpha value is -0.280. The van der Waals surface area contributed by atoms with Gasteiger partial charge in [0.2, 0.25) is 5.12 Å². The van der Waals surface area contributed by atoms with Crippen LogP contribution < -0.4 is 5.32 Å². The van der Waals surface area contributed by atoms with E-state index in [2.05, 4.69) is 5.32 Å². The number of rotatable bonds is 1. The van der Waals surface area contributed by atoms with Crippen LogP contribution in [0.2, 0.25) is 0 Å². The summed E-state index contributed by atoms with van der Waals surface area (Å²) in [6.45, 7) is 1.79. The van der Waals surface area contributed by atoms with Crippen molar-refractivity contribution < 1.29 is 4.79 Å². The van der Waals surface area contributed by atoms with E-state index >= 15 is 0 Å². The summed E-state index contributed by atoms with van der Waals surface area (Å²) in [7, 11) is 0. The van der Waals surface area contributed by atoms with Crippen molar-refractivity contribution in [2.24, 2.45) is 0 Å². The van der Waals surface area contributed by atoms with Crippen LogP contribution in [-0.4, -0.2) is 24.5 Å². The molecular weight excluding hydrogens is 146 g/mol. The minimum atomic E-state index is 0.224. The molecule has 0 aromatic carbocycles. The molecule has 0 aromatic rings. The predicted octanol–water partition coefficient (Wildman–Crippen LogP) is 0.796. The summed E-state index contributed by atoms with van der Waals surface area (Å²) >= 11 is 1.30. The molecule has 10 heavy (non-hydrogen) atoms. The van der Waals surface area contributed by atoms with E-state index in [1.54, 1.807) is 0 Å². The van der Waals surface area contributed by atoms with Gasteiger partial charge in [-0.15, -0.1) is 0 Å². The summed E-state index contributed by atoms with van der Waals surface area (Å²) in [5, 5.41) is 3.38. The predicted molar refractivity (Wildman–Crippen MR) is 44.1 cm³/mol. The maximum atomic E-state index is 11.0. The fourth-order valence-corrected chi connectivity index (χ4v) is 1.39. The van der Waals surface area contributed by atoms with E-state index in [0.29, 0.717) is 0 Å². The maximum absolute atomic E-state index is 11.0. The molecule has 56 valence electrons. The van der Waals surface area contributed by atoms with Gasteiger partial charge >= 0.3 is 0 Å². The second-order valence-corrected chi connectivity index (χ2v) is 2.95. The number of carbonyl (C=O) groups is 1. The molecule has 0 aromatic heterocycles. The van der Waals surface area contributed by atoms with Crippen molar-refractivity contribution in [1.29, 1.82) is 0 Å². The highest BCUT2D eigenvalue weighted by Crippen LogP contribution is 2.11. The highest BCUT2D eigenvalue weighted by molar-refractivity contribution is 8.13. The van der Waals surface area contributed by atoms with Crippen LogP contribution in [0.15, 0.2) is 11.6 Å². The lowest BCUT2D eigenvalue weighted by atomic mass is 10.1. The molecule has 1 N–H and O–H groups in total. The third-order valence-electron chi connectivity index (χ3n) is 1.51. The molecular formula is C7H11NOS. The molecule has 0 saturated heterocycles. The molecule has 1 heterocycles. The van der Waals surface area contributed by atoms with Gasteiger partial charge in [0.25, 0.3) is 0 Å². The highest BCUT2D eigenvalue weighted by Gasteiger charge is 2.09. The van der Waals surface area contributed by atoms with Gasteiger partial charge in [0.05, 0.1) is 0 Å². The number of hydrogen-bond acceptors (Lipinski definition) is 3. The minimum absolute atomic E-state index is 0.224. The zero-order valence-electron chi connectivity index (χ0n) is 6.02. The van der Waals surface area contributed by atoms with Crippen molar-refractivity contribution in [2.45, 2.75) is 6.42 Å². The number of carbonyl (C=O) groups excluding carboxylic acids is 1. The maximum Gasteiger partial charge on any atom is 0.214 e. The quantitative estimate of drug-likeness (QED) is 0.610. The van der Waals surface area contributed by atoms with Crippen molar-refractivity contribution >= 4 is 16.9 Å². The van der Waals surface area contributed by atoms with Crippen molar-refractivity contribution in [3.63, 3.8) is 0 Å². The van der Waals surface area contributed by atoms with Gasteiger partial charge in [-0.3, -0.25) is 4.79 Å². The topological polar surface area (TPSA) is 29.1 Å². The van der Waals surface area contributed by atoms with Crippen molar-refractivity contribution in [2.75, 3.05) is 19.3 Å². The first-order valence-corrected chi connectivity index (χ1v) is 4.55. The molecule has 0 unspecified atom stereocenters. The normalized spacial score (nSPS) is 18.3. The number of hydrogen-bond donors (Lipinski definition) is 1. The monoisotopic (exact) mass is 157 g/mol. The Kier molecular flexibility index (Phi) is 2.96. The van der Waals surface area contributed by atoms with Crippen molar-refractivity contribution in [1.82, 2.24) is 5.32 Å². The number of thioether (sulfide) groups is 1. The van der Waals surface area contributed by atoms with Crippen molar-refractivity contribution in [3.05, 3.63) is 11.6 Å². The zero-order chi connectivity index (χ0) is 7.40. The molecule has 0 saturated carbocycles. The van der Waals surface area contributed by atoms with E-state index in [1.165, 1.54) is 11.8 Å². The smallest absolute Gasteiger partial charge is 0.214 e. The summed E-state index contributed by atoms with van der Waals surface area (Å²) in [6, 6.07) is 0. The molecule has 0 radical (unpaired) electrons. The van der Waals surface area contributed by atoms with E-state index in [0.717, 1.165) is 25.1 Å². The first kappa shape index (κ1) is 7.82. The Balaban J connectivity index is 2.53. The summed E-state index contributed by atoms with van der Waals surface area (Å²) in [5.74, 6) is 0. The van der Waals surface area contributed by atoms with E-state index in [4.69, 9.17) is 0 Å². The third-order valence-corrected chi connectivity index (χ3v) is 2.14. The lowest BCUT2D eigenvalue weighted by molar-refractivity contribution is -0.108. The van der Waals surface area contributed by atoms with Gasteiger partial charge in [-0.05, 0) is 19.2 Å². The van der Waals surface area contributed by atoms with Crippen LogP contribution in [0.25, 0.3) is 0 Å². The lowest BCUT2D eigenvalue weighted by Crippen LogP contribution is -2.22. The van der Waals surface area contributed by atoms with E-state index in [9.17, 15) is 4.79 Å². The van der Waals surface area contributed by atoms with Gasteiger partial charge in [0.15, 0.2) is 0 Å². The summed E-state index contributed by atoms with van der Waals surface area (Å²) in [4.78, 5) is 11.0. The average Bonchev–Trinajstić information content (AvgIpc) is 2.05. The Morgan fingerprint density at radius 3 is 3.10 bits per heavy atom. The zero-order valence-corrected chi connectivity index (χ0v) is 6.83. The Bertz CT molecular complexity index is 165. The summed E-state index contributed by atoms with van der Waals surface area (Å²) in [6.07, 6.45) is 4.69. The van der Waals surface area contributed by atoms with Crippen LogP contribution in [0.3, 0.4) is 0 Å². The van der Waals surface area contributed by atoms with Crippen LogP contribution in [0, 0.1) is 0 Å². The van der Waals surface area contributed by atoms with Crippen LogP contribution >= 0.6 is 11.8 Å². The van der Waals surface area contributed by atoms with Gasteiger partial charge < -0.3 is 5.32 Å². The van der Waals surface area contributed by atoms with E-state index in [1.807, 2.05) is 12.3 Å².